The SMILES string of the molecule is N#CCCN(CCC#N)C(=O)COC(=O)c1ccc2ccccc2c1. The van der Waals surface area contributed by atoms with E-state index in [1.807, 2.05) is 42.5 Å². The van der Waals surface area contributed by atoms with Crippen LogP contribution in [0.25, 0.3) is 10.8 Å². The van der Waals surface area contributed by atoms with Crippen LogP contribution in [0.2, 0.25) is 0 Å². The van der Waals surface area contributed by atoms with E-state index in [1.54, 1.807) is 12.1 Å². The molecule has 0 aliphatic carbocycles. The van der Waals surface area contributed by atoms with Crippen LogP contribution in [-0.4, -0.2) is 36.5 Å². The Balaban J connectivity index is 1.97. The average Bonchev–Trinajstić information content (AvgIpc) is 2.65. The second kappa shape index (κ2) is 9.05. The second-order valence-corrected chi connectivity index (χ2v) is 5.34. The maximum atomic E-state index is 12.1. The third kappa shape index (κ3) is 5.05. The predicted molar refractivity (Wildman–Crippen MR) is 91.3 cm³/mol. The Labute approximate surface area is 145 Å². The maximum absolute atomic E-state index is 12.1. The fourth-order valence-electron chi connectivity index (χ4n) is 2.35. The van der Waals surface area contributed by atoms with Gasteiger partial charge >= 0.3 is 5.97 Å². The molecule has 0 heterocycles. The van der Waals surface area contributed by atoms with Gasteiger partial charge in [0.1, 0.15) is 0 Å². The summed E-state index contributed by atoms with van der Waals surface area (Å²) in [5.41, 5.74) is 0.368. The zero-order valence-corrected chi connectivity index (χ0v) is 13.6. The van der Waals surface area contributed by atoms with Crippen molar-refractivity contribution < 1.29 is 14.3 Å². The van der Waals surface area contributed by atoms with Gasteiger partial charge in [0.25, 0.3) is 5.91 Å². The van der Waals surface area contributed by atoms with Crippen LogP contribution >= 0.6 is 0 Å². The zero-order valence-electron chi connectivity index (χ0n) is 13.6. The Morgan fingerprint density at radius 2 is 1.60 bits per heavy atom. The molecule has 2 aromatic carbocycles. The van der Waals surface area contributed by atoms with E-state index in [0.717, 1.165) is 10.8 Å². The summed E-state index contributed by atoms with van der Waals surface area (Å²) < 4.78 is 5.08. The maximum Gasteiger partial charge on any atom is 0.338 e. The molecule has 0 N–H and O–H groups in total. The molecule has 0 unspecified atom stereocenters. The molecule has 2 aromatic rings. The van der Waals surface area contributed by atoms with E-state index in [0.29, 0.717) is 5.56 Å². The summed E-state index contributed by atoms with van der Waals surface area (Å²) in [6, 6.07) is 16.7. The minimum atomic E-state index is -0.584. The van der Waals surface area contributed by atoms with Crippen LogP contribution in [-0.2, 0) is 9.53 Å². The molecule has 0 fully saturated rings. The Morgan fingerprint density at radius 1 is 0.960 bits per heavy atom. The molecule has 0 aliphatic heterocycles. The van der Waals surface area contributed by atoms with Gasteiger partial charge in [-0.1, -0.05) is 30.3 Å². The van der Waals surface area contributed by atoms with Gasteiger partial charge in [-0.3, -0.25) is 4.79 Å². The normalized spacial score (nSPS) is 9.84. The molecule has 126 valence electrons. The first-order valence-electron chi connectivity index (χ1n) is 7.83. The number of ether oxygens (including phenoxy) is 1. The standard InChI is InChI=1S/C19H17N3O3/c20-9-3-11-22(12-4-10-21)18(23)14-25-19(24)17-8-7-15-5-1-2-6-16(15)13-17/h1-2,5-8,13H,3-4,11-12,14H2. The summed E-state index contributed by atoms with van der Waals surface area (Å²) in [5, 5.41) is 19.2. The van der Waals surface area contributed by atoms with E-state index in [4.69, 9.17) is 15.3 Å². The lowest BCUT2D eigenvalue weighted by molar-refractivity contribution is -0.134. The van der Waals surface area contributed by atoms with Gasteiger partial charge in [-0.25, -0.2) is 4.79 Å². The highest BCUT2D eigenvalue weighted by atomic mass is 16.5. The molecule has 25 heavy (non-hydrogen) atoms. The van der Waals surface area contributed by atoms with Gasteiger partial charge in [-0.05, 0) is 22.9 Å². The van der Waals surface area contributed by atoms with E-state index in [1.165, 1.54) is 4.90 Å². The Morgan fingerprint density at radius 3 is 2.24 bits per heavy atom. The van der Waals surface area contributed by atoms with Crippen molar-refractivity contribution in [2.75, 3.05) is 19.7 Å². The molecule has 0 aliphatic rings. The molecular weight excluding hydrogens is 318 g/mol. The molecular formula is C19H17N3O3. The van der Waals surface area contributed by atoms with Crippen LogP contribution in [0.3, 0.4) is 0 Å². The van der Waals surface area contributed by atoms with Crippen LogP contribution in [0.4, 0.5) is 0 Å². The van der Waals surface area contributed by atoms with Crippen molar-refractivity contribution >= 4 is 22.6 Å². The number of nitriles is 2. The summed E-state index contributed by atoms with van der Waals surface area (Å²) in [7, 11) is 0. The third-order valence-corrected chi connectivity index (χ3v) is 3.65. The van der Waals surface area contributed by atoms with Crippen molar-refractivity contribution in [3.05, 3.63) is 48.0 Å². The molecule has 0 saturated heterocycles. The summed E-state index contributed by atoms with van der Waals surface area (Å²) >= 11 is 0. The van der Waals surface area contributed by atoms with E-state index < -0.39 is 18.5 Å². The first kappa shape index (κ1) is 18.0. The van der Waals surface area contributed by atoms with Crippen LogP contribution in [0.5, 0.6) is 0 Å². The summed E-state index contributed by atoms with van der Waals surface area (Å²) in [5.74, 6) is -1.00. The minimum absolute atomic E-state index is 0.162. The number of hydrogen-bond donors (Lipinski definition) is 0. The monoisotopic (exact) mass is 335 g/mol. The first-order chi connectivity index (χ1) is 12.2. The van der Waals surface area contributed by atoms with E-state index in [-0.39, 0.29) is 25.9 Å². The van der Waals surface area contributed by atoms with Gasteiger partial charge in [-0.2, -0.15) is 10.5 Å². The fraction of sp³-hybridized carbons (Fsp3) is 0.263. The Kier molecular flexibility index (Phi) is 6.50. The summed E-state index contributed by atoms with van der Waals surface area (Å²) in [6.07, 6.45) is 0.325. The molecule has 0 atom stereocenters. The number of benzene rings is 2. The number of rotatable bonds is 7. The lowest BCUT2D eigenvalue weighted by Crippen LogP contribution is -2.36. The number of amides is 1. The highest BCUT2D eigenvalue weighted by Crippen LogP contribution is 2.16. The summed E-state index contributed by atoms with van der Waals surface area (Å²) in [6.45, 7) is 0.0115. The lowest BCUT2D eigenvalue weighted by atomic mass is 10.1. The van der Waals surface area contributed by atoms with Crippen molar-refractivity contribution in [3.63, 3.8) is 0 Å². The average molecular weight is 335 g/mol. The second-order valence-electron chi connectivity index (χ2n) is 5.34. The van der Waals surface area contributed by atoms with Crippen molar-refractivity contribution in [3.8, 4) is 12.1 Å². The van der Waals surface area contributed by atoms with Gasteiger partial charge < -0.3 is 9.64 Å². The molecule has 0 radical (unpaired) electrons. The molecule has 0 bridgehead atoms. The van der Waals surface area contributed by atoms with Crippen LogP contribution in [0, 0.1) is 22.7 Å². The number of hydrogen-bond acceptors (Lipinski definition) is 5. The topological polar surface area (TPSA) is 94.2 Å². The molecule has 6 heteroatoms. The number of esters is 1. The third-order valence-electron chi connectivity index (χ3n) is 3.65. The molecule has 6 nitrogen and oxygen atoms in total. The highest BCUT2D eigenvalue weighted by Gasteiger charge is 2.16. The van der Waals surface area contributed by atoms with Gasteiger partial charge in [0.05, 0.1) is 30.5 Å². The largest absolute Gasteiger partial charge is 0.452 e. The Bertz CT molecular complexity index is 831. The van der Waals surface area contributed by atoms with E-state index in [2.05, 4.69) is 0 Å². The van der Waals surface area contributed by atoms with Crippen LogP contribution in [0.1, 0.15) is 23.2 Å². The van der Waals surface area contributed by atoms with Crippen LogP contribution < -0.4 is 0 Å². The van der Waals surface area contributed by atoms with Crippen molar-refractivity contribution in [2.45, 2.75) is 12.8 Å². The van der Waals surface area contributed by atoms with Gasteiger partial charge in [-0.15, -0.1) is 0 Å². The Hall–Kier alpha value is -3.38. The van der Waals surface area contributed by atoms with E-state index >= 15 is 0 Å². The predicted octanol–water partition coefficient (Wildman–Crippen LogP) is 2.65. The lowest BCUT2D eigenvalue weighted by Gasteiger charge is -2.20. The molecule has 0 saturated carbocycles. The smallest absolute Gasteiger partial charge is 0.338 e. The van der Waals surface area contributed by atoms with Crippen molar-refractivity contribution in [1.29, 1.82) is 10.5 Å². The molecule has 0 spiro atoms. The van der Waals surface area contributed by atoms with Crippen molar-refractivity contribution in [1.82, 2.24) is 4.90 Å². The van der Waals surface area contributed by atoms with Gasteiger partial charge in [0.15, 0.2) is 6.61 Å². The van der Waals surface area contributed by atoms with Gasteiger partial charge in [0.2, 0.25) is 0 Å². The molecule has 2 rings (SSSR count). The number of carbonyl (C=O) groups is 2. The molecule has 0 aromatic heterocycles. The summed E-state index contributed by atoms with van der Waals surface area (Å²) in [4.78, 5) is 25.6. The fourth-order valence-corrected chi connectivity index (χ4v) is 2.35. The van der Waals surface area contributed by atoms with Gasteiger partial charge in [0, 0.05) is 13.1 Å². The molecule has 1 amide bonds. The first-order valence-corrected chi connectivity index (χ1v) is 7.83. The quantitative estimate of drug-likeness (QED) is 0.725. The van der Waals surface area contributed by atoms with E-state index in [9.17, 15) is 9.59 Å². The minimum Gasteiger partial charge on any atom is -0.452 e. The number of carbonyl (C=O) groups excluding carboxylic acids is 2. The number of nitrogens with zero attached hydrogens (tertiary/aromatic N) is 3. The zero-order chi connectivity index (χ0) is 18.1. The number of fused-ring (bicyclic) bond motifs is 1. The van der Waals surface area contributed by atoms with Crippen molar-refractivity contribution in [2.24, 2.45) is 0 Å². The highest BCUT2D eigenvalue weighted by molar-refractivity contribution is 5.96. The van der Waals surface area contributed by atoms with Crippen LogP contribution in [0.15, 0.2) is 42.5 Å².